The van der Waals surface area contributed by atoms with Gasteiger partial charge in [0.2, 0.25) is 0 Å². The van der Waals surface area contributed by atoms with Crippen molar-refractivity contribution in [3.05, 3.63) is 69.6 Å². The Bertz CT molecular complexity index is 1090. The van der Waals surface area contributed by atoms with E-state index in [4.69, 9.17) is 39.9 Å². The average molecular weight is 466 g/mol. The fourth-order valence-electron chi connectivity index (χ4n) is 2.56. The van der Waals surface area contributed by atoms with E-state index in [0.29, 0.717) is 22.5 Å². The molecule has 1 amide bonds. The summed E-state index contributed by atoms with van der Waals surface area (Å²) in [6, 6.07) is 8.94. The number of benzene rings is 1. The molecular formula is C20H15Cl3N4O3. The Balaban J connectivity index is 1.86. The number of carboxylic acid groups (broad SMARTS) is 1. The number of aliphatic carboxylic acids is 1. The summed E-state index contributed by atoms with van der Waals surface area (Å²) in [7, 11) is 0. The Morgan fingerprint density at radius 1 is 1.00 bits per heavy atom. The molecule has 3 rings (SSSR count). The van der Waals surface area contributed by atoms with Crippen LogP contribution in [0.2, 0.25) is 15.2 Å². The molecule has 0 bridgehead atoms. The molecule has 1 aromatic carbocycles. The van der Waals surface area contributed by atoms with Gasteiger partial charge < -0.3 is 15.7 Å². The second-order valence-corrected chi connectivity index (χ2v) is 7.45. The molecule has 7 nitrogen and oxygen atoms in total. The van der Waals surface area contributed by atoms with Gasteiger partial charge in [-0.05, 0) is 31.2 Å². The number of rotatable bonds is 6. The van der Waals surface area contributed by atoms with Gasteiger partial charge in [0.15, 0.2) is 0 Å². The number of carbonyl (C=O) groups is 2. The van der Waals surface area contributed by atoms with Gasteiger partial charge in [0.25, 0.3) is 5.91 Å². The first-order chi connectivity index (χ1) is 14.3. The second-order valence-electron chi connectivity index (χ2n) is 6.24. The molecule has 2 aromatic heterocycles. The third-order valence-electron chi connectivity index (χ3n) is 4.12. The van der Waals surface area contributed by atoms with Crippen LogP contribution in [0.15, 0.2) is 48.8 Å². The van der Waals surface area contributed by atoms with Crippen molar-refractivity contribution in [2.45, 2.75) is 13.0 Å². The first-order valence-corrected chi connectivity index (χ1v) is 9.76. The fraction of sp³-hybridized carbons (Fsp3) is 0.100. The Morgan fingerprint density at radius 3 is 2.23 bits per heavy atom. The quantitative estimate of drug-likeness (QED) is 0.430. The number of aromatic nitrogens is 2. The molecule has 1 unspecified atom stereocenters. The highest BCUT2D eigenvalue weighted by molar-refractivity contribution is 6.39. The normalized spacial score (nSPS) is 11.6. The number of halogens is 3. The van der Waals surface area contributed by atoms with Crippen LogP contribution >= 0.6 is 34.8 Å². The molecular weight excluding hydrogens is 451 g/mol. The molecule has 0 fully saturated rings. The lowest BCUT2D eigenvalue weighted by Gasteiger charge is -2.15. The third-order valence-corrected chi connectivity index (χ3v) is 4.90. The van der Waals surface area contributed by atoms with E-state index in [2.05, 4.69) is 20.6 Å². The number of carboxylic acids is 1. The fourth-order valence-corrected chi connectivity index (χ4v) is 3.17. The van der Waals surface area contributed by atoms with Crippen molar-refractivity contribution in [2.75, 3.05) is 10.6 Å². The van der Waals surface area contributed by atoms with Crippen LogP contribution < -0.4 is 10.6 Å². The van der Waals surface area contributed by atoms with E-state index in [-0.39, 0.29) is 20.9 Å². The summed E-state index contributed by atoms with van der Waals surface area (Å²) in [5, 5.41) is 15.4. The lowest BCUT2D eigenvalue weighted by Crippen LogP contribution is -2.25. The van der Waals surface area contributed by atoms with Crippen LogP contribution in [0, 0.1) is 0 Å². The third kappa shape index (κ3) is 4.99. The average Bonchev–Trinajstić information content (AvgIpc) is 2.72. The summed E-state index contributed by atoms with van der Waals surface area (Å²) in [5.41, 5.74) is 2.24. The number of amides is 1. The molecule has 154 valence electrons. The van der Waals surface area contributed by atoms with Crippen LogP contribution in [-0.2, 0) is 4.79 Å². The monoisotopic (exact) mass is 464 g/mol. The van der Waals surface area contributed by atoms with Crippen molar-refractivity contribution in [1.29, 1.82) is 0 Å². The Morgan fingerprint density at radius 2 is 1.63 bits per heavy atom. The largest absolute Gasteiger partial charge is 0.480 e. The van der Waals surface area contributed by atoms with E-state index in [0.717, 1.165) is 0 Å². The van der Waals surface area contributed by atoms with Gasteiger partial charge in [-0.25, -0.2) is 4.98 Å². The van der Waals surface area contributed by atoms with Crippen LogP contribution in [0.25, 0.3) is 11.3 Å². The summed E-state index contributed by atoms with van der Waals surface area (Å²) in [4.78, 5) is 31.8. The van der Waals surface area contributed by atoms with E-state index >= 15 is 0 Å². The number of nitrogens with zero attached hydrogens (tertiary/aromatic N) is 2. The topological polar surface area (TPSA) is 104 Å². The summed E-state index contributed by atoms with van der Waals surface area (Å²) in [5.74, 6) is -1.41. The minimum Gasteiger partial charge on any atom is -0.480 e. The lowest BCUT2D eigenvalue weighted by atomic mass is 10.1. The Kier molecular flexibility index (Phi) is 6.77. The summed E-state index contributed by atoms with van der Waals surface area (Å²) < 4.78 is 0. The van der Waals surface area contributed by atoms with Gasteiger partial charge in [0, 0.05) is 23.5 Å². The molecule has 10 heteroatoms. The molecule has 3 aromatic rings. The highest BCUT2D eigenvalue weighted by Crippen LogP contribution is 2.30. The van der Waals surface area contributed by atoms with Crippen LogP contribution in [0.3, 0.4) is 0 Å². The van der Waals surface area contributed by atoms with E-state index in [1.807, 2.05) is 0 Å². The van der Waals surface area contributed by atoms with Crippen LogP contribution in [-0.4, -0.2) is 33.0 Å². The molecule has 3 N–H and O–H groups in total. The predicted molar refractivity (Wildman–Crippen MR) is 118 cm³/mol. The molecule has 0 radical (unpaired) electrons. The van der Waals surface area contributed by atoms with E-state index < -0.39 is 17.9 Å². The second kappa shape index (κ2) is 9.30. The molecule has 0 aliphatic rings. The maximum Gasteiger partial charge on any atom is 0.325 e. The highest BCUT2D eigenvalue weighted by Gasteiger charge is 2.16. The molecule has 0 saturated carbocycles. The summed E-state index contributed by atoms with van der Waals surface area (Å²) >= 11 is 18.1. The highest BCUT2D eigenvalue weighted by atomic mass is 35.5. The standard InChI is InChI=1S/C20H15Cl3N4O3/c1-10(20(29)30)25-15-6-7-16(23)26-17(15)11-2-4-12(5-3-11)19(28)27-18-13(21)8-24-9-14(18)22/h2-10,25H,1H3,(H,29,30)(H,24,27,28). The zero-order valence-electron chi connectivity index (χ0n) is 15.5. The van der Waals surface area contributed by atoms with Crippen molar-refractivity contribution in [2.24, 2.45) is 0 Å². The number of anilines is 2. The van der Waals surface area contributed by atoms with E-state index in [9.17, 15) is 9.59 Å². The summed E-state index contributed by atoms with van der Waals surface area (Å²) in [6.45, 7) is 1.52. The predicted octanol–water partition coefficient (Wildman–Crippen LogP) is 5.24. The molecule has 0 aliphatic carbocycles. The van der Waals surface area contributed by atoms with E-state index in [1.165, 1.54) is 19.3 Å². The molecule has 0 aliphatic heterocycles. The van der Waals surface area contributed by atoms with Crippen molar-refractivity contribution >= 4 is 58.1 Å². The van der Waals surface area contributed by atoms with Gasteiger partial charge in [0.1, 0.15) is 11.2 Å². The lowest BCUT2D eigenvalue weighted by molar-refractivity contribution is -0.137. The van der Waals surface area contributed by atoms with Gasteiger partial charge in [0.05, 0.1) is 27.1 Å². The van der Waals surface area contributed by atoms with E-state index in [1.54, 1.807) is 36.4 Å². The van der Waals surface area contributed by atoms with Crippen LogP contribution in [0.1, 0.15) is 17.3 Å². The van der Waals surface area contributed by atoms with Crippen LogP contribution in [0.4, 0.5) is 11.4 Å². The van der Waals surface area contributed by atoms with Gasteiger partial charge in [-0.1, -0.05) is 46.9 Å². The number of carbonyl (C=O) groups excluding carboxylic acids is 1. The Labute approximate surface area is 187 Å². The van der Waals surface area contributed by atoms with Crippen molar-refractivity contribution in [3.8, 4) is 11.3 Å². The number of nitrogens with one attached hydrogen (secondary N) is 2. The number of pyridine rings is 2. The minimum absolute atomic E-state index is 0.221. The van der Waals surface area contributed by atoms with Crippen molar-refractivity contribution < 1.29 is 14.7 Å². The first kappa shape index (κ1) is 21.8. The zero-order valence-corrected chi connectivity index (χ0v) is 17.8. The van der Waals surface area contributed by atoms with Crippen molar-refractivity contribution in [1.82, 2.24) is 9.97 Å². The van der Waals surface area contributed by atoms with Crippen molar-refractivity contribution in [3.63, 3.8) is 0 Å². The van der Waals surface area contributed by atoms with Gasteiger partial charge in [-0.2, -0.15) is 0 Å². The molecule has 30 heavy (non-hydrogen) atoms. The minimum atomic E-state index is -1.00. The molecule has 0 spiro atoms. The molecule has 2 heterocycles. The summed E-state index contributed by atoms with van der Waals surface area (Å²) in [6.07, 6.45) is 2.76. The van der Waals surface area contributed by atoms with Gasteiger partial charge in [-0.3, -0.25) is 14.6 Å². The SMILES string of the molecule is CC(Nc1ccc(Cl)nc1-c1ccc(C(=O)Nc2c(Cl)cncc2Cl)cc1)C(=O)O. The van der Waals surface area contributed by atoms with Gasteiger partial charge >= 0.3 is 5.97 Å². The maximum atomic E-state index is 12.5. The smallest absolute Gasteiger partial charge is 0.325 e. The molecule has 1 atom stereocenters. The maximum absolute atomic E-state index is 12.5. The van der Waals surface area contributed by atoms with Gasteiger partial charge in [-0.15, -0.1) is 0 Å². The zero-order chi connectivity index (χ0) is 21.8. The Hall–Kier alpha value is -2.87. The first-order valence-electron chi connectivity index (χ1n) is 8.63. The number of hydrogen-bond donors (Lipinski definition) is 3. The molecule has 0 saturated heterocycles. The van der Waals surface area contributed by atoms with Crippen LogP contribution in [0.5, 0.6) is 0 Å². The number of hydrogen-bond acceptors (Lipinski definition) is 5.